The van der Waals surface area contributed by atoms with Crippen molar-refractivity contribution in [1.82, 2.24) is 4.90 Å². The number of benzene rings is 2. The van der Waals surface area contributed by atoms with Crippen molar-refractivity contribution in [1.29, 1.82) is 0 Å². The van der Waals surface area contributed by atoms with Crippen LogP contribution in [0.3, 0.4) is 0 Å². The maximum atomic E-state index is 12.3. The van der Waals surface area contributed by atoms with Crippen molar-refractivity contribution < 1.29 is 19.2 Å². The molecule has 3 rings (SSSR count). The molecule has 0 radical (unpaired) electrons. The average Bonchev–Trinajstić information content (AvgIpc) is 3.03. The number of ether oxygens (including phenoxy) is 2. The molecule has 1 unspecified atom stereocenters. The minimum absolute atomic E-state index is 0.0896. The second kappa shape index (κ2) is 10.6. The number of non-ortho nitro benzene ring substituents is 1. The lowest BCUT2D eigenvalue weighted by molar-refractivity contribution is -0.384. The number of hydrogen-bond acceptors (Lipinski definition) is 7. The number of nitro groups is 1. The van der Waals surface area contributed by atoms with E-state index in [1.165, 1.54) is 28.7 Å². The molecule has 1 fully saturated rings. The lowest BCUT2D eigenvalue weighted by Crippen LogP contribution is -2.22. The molecule has 0 aromatic heterocycles. The van der Waals surface area contributed by atoms with Gasteiger partial charge in [0, 0.05) is 24.7 Å². The van der Waals surface area contributed by atoms with E-state index in [1.807, 2.05) is 12.1 Å². The Labute approximate surface area is 196 Å². The van der Waals surface area contributed by atoms with E-state index in [2.05, 4.69) is 26.0 Å². The fraction of sp³-hybridized carbons (Fsp3) is 0.304. The predicted octanol–water partition coefficient (Wildman–Crippen LogP) is 5.40. The molecule has 2 aromatic rings. The minimum atomic E-state index is -0.488. The minimum Gasteiger partial charge on any atom is -0.490 e. The molecule has 168 valence electrons. The van der Waals surface area contributed by atoms with E-state index >= 15 is 0 Å². The number of amides is 1. The topological polar surface area (TPSA) is 81.9 Å². The molecule has 9 heteroatoms. The van der Waals surface area contributed by atoms with Gasteiger partial charge in [-0.3, -0.25) is 19.8 Å². The molecule has 1 amide bonds. The Morgan fingerprint density at radius 2 is 1.88 bits per heavy atom. The second-order valence-corrected chi connectivity index (χ2v) is 8.97. The van der Waals surface area contributed by atoms with E-state index < -0.39 is 4.92 Å². The third-order valence-corrected chi connectivity index (χ3v) is 6.63. The molecular formula is C23H24N2O5S2. The number of carbonyl (C=O) groups is 1. The summed E-state index contributed by atoms with van der Waals surface area (Å²) in [5.74, 6) is 1.42. The van der Waals surface area contributed by atoms with Gasteiger partial charge in [0.05, 0.1) is 9.83 Å². The zero-order valence-corrected chi connectivity index (χ0v) is 19.7. The van der Waals surface area contributed by atoms with Crippen LogP contribution >= 0.6 is 24.0 Å². The number of carbonyl (C=O) groups excluding carboxylic acids is 1. The number of thiocarbonyl (C=S) groups is 1. The van der Waals surface area contributed by atoms with Crippen molar-refractivity contribution in [2.45, 2.75) is 26.2 Å². The number of thioether (sulfide) groups is 1. The van der Waals surface area contributed by atoms with Crippen LogP contribution in [0, 0.1) is 10.1 Å². The summed E-state index contributed by atoms with van der Waals surface area (Å²) < 4.78 is 12.0. The van der Waals surface area contributed by atoms with E-state index in [-0.39, 0.29) is 18.2 Å². The molecular weight excluding hydrogens is 448 g/mol. The van der Waals surface area contributed by atoms with Crippen LogP contribution in [0.15, 0.2) is 47.4 Å². The van der Waals surface area contributed by atoms with Crippen molar-refractivity contribution in [3.8, 4) is 11.5 Å². The Hall–Kier alpha value is -2.91. The molecule has 1 saturated heterocycles. The predicted molar refractivity (Wildman–Crippen MR) is 130 cm³/mol. The first-order valence-electron chi connectivity index (χ1n) is 10.2. The fourth-order valence-electron chi connectivity index (χ4n) is 3.02. The first kappa shape index (κ1) is 23.7. The van der Waals surface area contributed by atoms with Gasteiger partial charge in [0.2, 0.25) is 0 Å². The number of likely N-dealkylation sites (N-methyl/N-ethyl adjacent to an activating group) is 1. The molecule has 0 N–H and O–H groups in total. The molecule has 2 aromatic carbocycles. The highest BCUT2D eigenvalue weighted by atomic mass is 32.2. The number of hydrogen-bond donors (Lipinski definition) is 0. The van der Waals surface area contributed by atoms with Crippen LogP contribution in [-0.2, 0) is 4.79 Å². The van der Waals surface area contributed by atoms with Gasteiger partial charge in [0.1, 0.15) is 29.0 Å². The normalized spacial score (nSPS) is 15.8. The first-order valence-corrected chi connectivity index (χ1v) is 11.4. The molecule has 32 heavy (non-hydrogen) atoms. The summed E-state index contributed by atoms with van der Waals surface area (Å²) in [6.45, 7) is 4.88. The molecule has 0 bridgehead atoms. The monoisotopic (exact) mass is 472 g/mol. The van der Waals surface area contributed by atoms with Crippen LogP contribution < -0.4 is 9.47 Å². The third-order valence-electron chi connectivity index (χ3n) is 5.15. The summed E-state index contributed by atoms with van der Waals surface area (Å²) in [7, 11) is 1.59. The van der Waals surface area contributed by atoms with Crippen LogP contribution in [0.2, 0.25) is 0 Å². The SMILES string of the molecule is CCC(C)c1ccc(OCCOc2ccc([N+](=O)[O-])cc2C=C2SC(=S)N(C)C2=O)cc1. The summed E-state index contributed by atoms with van der Waals surface area (Å²) in [5.41, 5.74) is 1.61. The van der Waals surface area contributed by atoms with Gasteiger partial charge in [-0.2, -0.15) is 0 Å². The Kier molecular flexibility index (Phi) is 7.87. The molecule has 1 aliphatic heterocycles. The number of rotatable bonds is 9. The number of nitrogens with zero attached hydrogens (tertiary/aromatic N) is 2. The largest absolute Gasteiger partial charge is 0.490 e. The molecule has 1 atom stereocenters. The maximum Gasteiger partial charge on any atom is 0.270 e. The van der Waals surface area contributed by atoms with Crippen LogP contribution in [0.4, 0.5) is 5.69 Å². The van der Waals surface area contributed by atoms with E-state index in [9.17, 15) is 14.9 Å². The van der Waals surface area contributed by atoms with Crippen molar-refractivity contribution in [2.75, 3.05) is 20.3 Å². The van der Waals surface area contributed by atoms with E-state index in [1.54, 1.807) is 13.1 Å². The highest BCUT2D eigenvalue weighted by Gasteiger charge is 2.29. The first-order chi connectivity index (χ1) is 15.3. The summed E-state index contributed by atoms with van der Waals surface area (Å²) >= 11 is 6.29. The lowest BCUT2D eigenvalue weighted by Gasteiger charge is -2.12. The van der Waals surface area contributed by atoms with Gasteiger partial charge >= 0.3 is 0 Å². The Balaban J connectivity index is 1.68. The molecule has 0 spiro atoms. The van der Waals surface area contributed by atoms with Gasteiger partial charge in [-0.1, -0.05) is 50.0 Å². The molecule has 1 heterocycles. The molecule has 0 aliphatic carbocycles. The summed E-state index contributed by atoms with van der Waals surface area (Å²) in [6, 6.07) is 12.3. The summed E-state index contributed by atoms with van der Waals surface area (Å²) in [4.78, 5) is 24.8. The lowest BCUT2D eigenvalue weighted by atomic mass is 9.99. The van der Waals surface area contributed by atoms with Crippen LogP contribution in [0.5, 0.6) is 11.5 Å². The summed E-state index contributed by atoms with van der Waals surface area (Å²) in [6.07, 6.45) is 2.65. The zero-order valence-electron chi connectivity index (χ0n) is 18.1. The van der Waals surface area contributed by atoms with Gasteiger partial charge in [0.15, 0.2) is 0 Å². The van der Waals surface area contributed by atoms with Gasteiger partial charge in [-0.25, -0.2) is 0 Å². The van der Waals surface area contributed by atoms with E-state index in [0.717, 1.165) is 23.9 Å². The smallest absolute Gasteiger partial charge is 0.270 e. The molecule has 7 nitrogen and oxygen atoms in total. The van der Waals surface area contributed by atoms with Gasteiger partial charge in [0.25, 0.3) is 11.6 Å². The van der Waals surface area contributed by atoms with Crippen LogP contribution in [0.25, 0.3) is 6.08 Å². The zero-order chi connectivity index (χ0) is 23.3. The fourth-order valence-corrected chi connectivity index (χ4v) is 4.19. The Morgan fingerprint density at radius 1 is 1.19 bits per heavy atom. The standard InChI is InChI=1S/C23H24N2O5S2/c1-4-15(2)16-5-8-19(9-6-16)29-11-12-30-20-10-7-18(25(27)28)13-17(20)14-21-22(26)24(3)23(31)32-21/h5-10,13-15H,4,11-12H2,1-3H3. The second-order valence-electron chi connectivity index (χ2n) is 7.30. The highest BCUT2D eigenvalue weighted by molar-refractivity contribution is 8.26. The molecule has 1 aliphatic rings. The Bertz CT molecular complexity index is 1050. The maximum absolute atomic E-state index is 12.3. The highest BCUT2D eigenvalue weighted by Crippen LogP contribution is 2.34. The van der Waals surface area contributed by atoms with Crippen molar-refractivity contribution in [2.24, 2.45) is 0 Å². The van der Waals surface area contributed by atoms with Crippen molar-refractivity contribution >= 4 is 46.0 Å². The van der Waals surface area contributed by atoms with Crippen molar-refractivity contribution in [3.63, 3.8) is 0 Å². The summed E-state index contributed by atoms with van der Waals surface area (Å²) in [5, 5.41) is 11.2. The molecule has 0 saturated carbocycles. The van der Waals surface area contributed by atoms with Crippen LogP contribution in [-0.4, -0.2) is 40.3 Å². The van der Waals surface area contributed by atoms with E-state index in [0.29, 0.717) is 33.1 Å². The Morgan fingerprint density at radius 3 is 2.47 bits per heavy atom. The quantitative estimate of drug-likeness (QED) is 0.159. The van der Waals surface area contributed by atoms with Gasteiger partial charge in [-0.05, 0) is 42.2 Å². The average molecular weight is 473 g/mol. The van der Waals surface area contributed by atoms with Gasteiger partial charge < -0.3 is 9.47 Å². The van der Waals surface area contributed by atoms with Crippen LogP contribution in [0.1, 0.15) is 37.3 Å². The third kappa shape index (κ3) is 5.66. The number of nitro benzene ring substituents is 1. The van der Waals surface area contributed by atoms with E-state index in [4.69, 9.17) is 21.7 Å². The van der Waals surface area contributed by atoms with Gasteiger partial charge in [-0.15, -0.1) is 0 Å². The van der Waals surface area contributed by atoms with Crippen molar-refractivity contribution in [3.05, 3.63) is 68.6 Å².